The van der Waals surface area contributed by atoms with Crippen LogP contribution in [0.3, 0.4) is 0 Å². The van der Waals surface area contributed by atoms with Gasteiger partial charge in [-0.05, 0) is 63.4 Å². The standard InChI is InChI=1S/C23H28N6O2/c24-22(30)20-13-27-17(11-21(20)28-15-5-7-25-8-6-15)10-16-2-4-19(12-26-16)29-18-3-1-14(9-18)23(29)31/h2,4,11-15,18,25H,1,3,5-10H2,(H2,24,30)(H,27,28)/t14-,18+/m1/s1. The maximum absolute atomic E-state index is 12.5. The second-order valence-corrected chi connectivity index (χ2v) is 8.81. The number of nitrogens with two attached hydrogens (primary N) is 1. The topological polar surface area (TPSA) is 113 Å². The van der Waals surface area contributed by atoms with Crippen LogP contribution < -0.4 is 21.3 Å². The summed E-state index contributed by atoms with van der Waals surface area (Å²) < 4.78 is 0. The van der Waals surface area contributed by atoms with E-state index in [4.69, 9.17) is 5.73 Å². The first-order valence-electron chi connectivity index (χ1n) is 11.1. The van der Waals surface area contributed by atoms with E-state index in [9.17, 15) is 9.59 Å². The van der Waals surface area contributed by atoms with E-state index in [1.807, 2.05) is 23.1 Å². The number of carbonyl (C=O) groups is 2. The number of nitrogens with one attached hydrogen (secondary N) is 2. The maximum atomic E-state index is 12.5. The average molecular weight is 421 g/mol. The fourth-order valence-electron chi connectivity index (χ4n) is 5.08. The van der Waals surface area contributed by atoms with Crippen molar-refractivity contribution < 1.29 is 9.59 Å². The molecule has 31 heavy (non-hydrogen) atoms. The lowest BCUT2D eigenvalue weighted by atomic mass is 10.0. The molecule has 1 aliphatic carbocycles. The predicted molar refractivity (Wildman–Crippen MR) is 118 cm³/mol. The summed E-state index contributed by atoms with van der Waals surface area (Å²) in [6.45, 7) is 1.91. The summed E-state index contributed by atoms with van der Waals surface area (Å²) in [5.41, 5.74) is 9.27. The van der Waals surface area contributed by atoms with Crippen molar-refractivity contribution in [3.8, 4) is 0 Å². The highest BCUT2D eigenvalue weighted by Crippen LogP contribution is 2.41. The minimum atomic E-state index is -0.484. The molecule has 0 radical (unpaired) electrons. The van der Waals surface area contributed by atoms with E-state index in [0.717, 1.165) is 68.0 Å². The van der Waals surface area contributed by atoms with Crippen LogP contribution in [0.4, 0.5) is 11.4 Å². The summed E-state index contributed by atoms with van der Waals surface area (Å²) in [6, 6.07) is 6.48. The number of primary amides is 1. The Hall–Kier alpha value is -3.00. The van der Waals surface area contributed by atoms with Crippen molar-refractivity contribution in [1.82, 2.24) is 15.3 Å². The van der Waals surface area contributed by atoms with Gasteiger partial charge in [-0.2, -0.15) is 0 Å². The molecule has 3 fully saturated rings. The molecule has 2 aromatic rings. The van der Waals surface area contributed by atoms with Crippen LogP contribution in [0.2, 0.25) is 0 Å². The predicted octanol–water partition coefficient (Wildman–Crippen LogP) is 1.85. The number of piperidine rings is 2. The molecule has 2 aliphatic heterocycles. The summed E-state index contributed by atoms with van der Waals surface area (Å²) in [6.07, 6.45) is 8.96. The number of hydrogen-bond donors (Lipinski definition) is 3. The highest BCUT2D eigenvalue weighted by atomic mass is 16.2. The molecule has 1 saturated carbocycles. The number of aromatic nitrogens is 2. The van der Waals surface area contributed by atoms with E-state index in [2.05, 4.69) is 20.6 Å². The molecule has 8 heteroatoms. The zero-order chi connectivity index (χ0) is 21.4. The Bertz CT molecular complexity index is 986. The first-order chi connectivity index (χ1) is 15.1. The van der Waals surface area contributed by atoms with Crippen LogP contribution in [0, 0.1) is 5.92 Å². The molecular weight excluding hydrogens is 392 g/mol. The van der Waals surface area contributed by atoms with E-state index in [-0.39, 0.29) is 11.8 Å². The van der Waals surface area contributed by atoms with Crippen LogP contribution in [-0.4, -0.2) is 47.0 Å². The van der Waals surface area contributed by atoms with Gasteiger partial charge in [-0.15, -0.1) is 0 Å². The molecule has 4 heterocycles. The molecule has 2 saturated heterocycles. The minimum Gasteiger partial charge on any atom is -0.381 e. The van der Waals surface area contributed by atoms with Crippen LogP contribution in [0.1, 0.15) is 53.8 Å². The lowest BCUT2D eigenvalue weighted by Crippen LogP contribution is -2.37. The Morgan fingerprint density at radius 1 is 1.13 bits per heavy atom. The Kier molecular flexibility index (Phi) is 5.31. The van der Waals surface area contributed by atoms with Crippen molar-refractivity contribution in [1.29, 1.82) is 0 Å². The van der Waals surface area contributed by atoms with Crippen molar-refractivity contribution in [2.45, 2.75) is 50.6 Å². The molecule has 0 spiro atoms. The molecule has 2 amide bonds. The quantitative estimate of drug-likeness (QED) is 0.657. The smallest absolute Gasteiger partial charge is 0.252 e. The molecule has 0 aromatic carbocycles. The molecular formula is C23H28N6O2. The summed E-state index contributed by atoms with van der Waals surface area (Å²) in [4.78, 5) is 35.3. The number of anilines is 2. The van der Waals surface area contributed by atoms with E-state index in [0.29, 0.717) is 24.1 Å². The molecule has 2 atom stereocenters. The largest absolute Gasteiger partial charge is 0.381 e. The molecule has 8 nitrogen and oxygen atoms in total. The first-order valence-corrected chi connectivity index (χ1v) is 11.1. The third-order valence-corrected chi connectivity index (χ3v) is 6.73. The van der Waals surface area contributed by atoms with Crippen LogP contribution in [-0.2, 0) is 11.2 Å². The van der Waals surface area contributed by atoms with Crippen molar-refractivity contribution in [2.24, 2.45) is 11.7 Å². The van der Waals surface area contributed by atoms with Gasteiger partial charge in [0.15, 0.2) is 0 Å². The summed E-state index contributed by atoms with van der Waals surface area (Å²) in [7, 11) is 0. The second-order valence-electron chi connectivity index (χ2n) is 8.81. The van der Waals surface area contributed by atoms with E-state index in [1.54, 1.807) is 12.4 Å². The van der Waals surface area contributed by atoms with Gasteiger partial charge in [0, 0.05) is 42.0 Å². The van der Waals surface area contributed by atoms with E-state index < -0.39 is 5.91 Å². The lowest BCUT2D eigenvalue weighted by molar-refractivity contribution is -0.121. The van der Waals surface area contributed by atoms with Gasteiger partial charge in [0.1, 0.15) is 0 Å². The number of fused-ring (bicyclic) bond motifs is 2. The minimum absolute atomic E-state index is 0.198. The van der Waals surface area contributed by atoms with Gasteiger partial charge in [-0.1, -0.05) is 0 Å². The SMILES string of the molecule is NC(=O)c1cnc(Cc2ccc(N3C(=O)[C@@H]4CC[C@H]3C4)cn2)cc1NC1CCNCC1. The first kappa shape index (κ1) is 19.9. The summed E-state index contributed by atoms with van der Waals surface area (Å²) in [5.74, 6) is -0.0470. The van der Waals surface area contributed by atoms with Gasteiger partial charge in [0.05, 0.1) is 23.1 Å². The van der Waals surface area contributed by atoms with Gasteiger partial charge in [0.25, 0.3) is 5.91 Å². The lowest BCUT2D eigenvalue weighted by Gasteiger charge is -2.27. The zero-order valence-electron chi connectivity index (χ0n) is 17.5. The molecule has 0 unspecified atom stereocenters. The highest BCUT2D eigenvalue weighted by Gasteiger charge is 2.45. The van der Waals surface area contributed by atoms with Gasteiger partial charge in [0.2, 0.25) is 5.91 Å². The molecule has 3 aliphatic rings. The number of carbonyl (C=O) groups excluding carboxylic acids is 2. The zero-order valence-corrected chi connectivity index (χ0v) is 17.5. The Labute approximate surface area is 181 Å². The highest BCUT2D eigenvalue weighted by molar-refractivity contribution is 5.99. The van der Waals surface area contributed by atoms with E-state index >= 15 is 0 Å². The molecule has 2 aromatic heterocycles. The fourth-order valence-corrected chi connectivity index (χ4v) is 5.08. The Balaban J connectivity index is 1.31. The number of nitrogens with zero attached hydrogens (tertiary/aromatic N) is 3. The van der Waals surface area contributed by atoms with Crippen molar-refractivity contribution in [3.05, 3.63) is 47.5 Å². The van der Waals surface area contributed by atoms with Crippen molar-refractivity contribution >= 4 is 23.2 Å². The molecule has 162 valence electrons. The summed E-state index contributed by atoms with van der Waals surface area (Å²) >= 11 is 0. The fraction of sp³-hybridized carbons (Fsp3) is 0.478. The third kappa shape index (κ3) is 3.99. The van der Waals surface area contributed by atoms with Gasteiger partial charge >= 0.3 is 0 Å². The van der Waals surface area contributed by atoms with Gasteiger partial charge < -0.3 is 21.3 Å². The van der Waals surface area contributed by atoms with Gasteiger partial charge in [-0.3, -0.25) is 19.6 Å². The summed E-state index contributed by atoms with van der Waals surface area (Å²) in [5, 5.41) is 6.82. The molecule has 2 bridgehead atoms. The molecule has 5 rings (SSSR count). The number of amides is 2. The second kappa shape index (κ2) is 8.26. The van der Waals surface area contributed by atoms with Crippen LogP contribution in [0.15, 0.2) is 30.6 Å². The molecule has 4 N–H and O–H groups in total. The van der Waals surface area contributed by atoms with Crippen LogP contribution in [0.5, 0.6) is 0 Å². The average Bonchev–Trinajstić information content (AvgIpc) is 3.37. The normalized spacial score (nSPS) is 23.4. The monoisotopic (exact) mass is 420 g/mol. The Morgan fingerprint density at radius 3 is 2.61 bits per heavy atom. The number of rotatable bonds is 6. The van der Waals surface area contributed by atoms with E-state index in [1.165, 1.54) is 0 Å². The van der Waals surface area contributed by atoms with Gasteiger partial charge in [-0.25, -0.2) is 0 Å². The van der Waals surface area contributed by atoms with Crippen molar-refractivity contribution in [2.75, 3.05) is 23.3 Å². The third-order valence-electron chi connectivity index (χ3n) is 6.73. The van der Waals surface area contributed by atoms with Crippen LogP contribution in [0.25, 0.3) is 0 Å². The maximum Gasteiger partial charge on any atom is 0.252 e. The number of hydrogen-bond acceptors (Lipinski definition) is 6. The number of pyridine rings is 2. The Morgan fingerprint density at radius 2 is 1.94 bits per heavy atom. The van der Waals surface area contributed by atoms with Crippen LogP contribution >= 0.6 is 0 Å². The van der Waals surface area contributed by atoms with Crippen molar-refractivity contribution in [3.63, 3.8) is 0 Å².